The number of nitrogens with zero attached hydrogens (tertiary/aromatic N) is 5. The van der Waals surface area contributed by atoms with E-state index in [-0.39, 0.29) is 5.56 Å². The van der Waals surface area contributed by atoms with Gasteiger partial charge in [-0.2, -0.15) is 0 Å². The molecular formula is C32H30N6OS. The number of thiophene rings is 1. The minimum Gasteiger partial charge on any atom is -0.322 e. The third-order valence-electron chi connectivity index (χ3n) is 7.14. The molecular weight excluding hydrogens is 516 g/mol. The Labute approximate surface area is 236 Å². The summed E-state index contributed by atoms with van der Waals surface area (Å²) < 4.78 is 1.82. The zero-order valence-electron chi connectivity index (χ0n) is 22.3. The number of hydrogen-bond acceptors (Lipinski definition) is 6. The maximum absolute atomic E-state index is 13.8. The molecule has 0 aliphatic heterocycles. The van der Waals surface area contributed by atoms with Crippen LogP contribution in [0.15, 0.2) is 107 Å². The van der Waals surface area contributed by atoms with Gasteiger partial charge in [0.2, 0.25) is 0 Å². The van der Waals surface area contributed by atoms with Gasteiger partial charge in [-0.25, -0.2) is 4.68 Å². The van der Waals surface area contributed by atoms with Crippen molar-refractivity contribution >= 4 is 22.2 Å². The molecule has 8 heteroatoms. The number of aryl methyl sites for hydroxylation is 1. The first-order chi connectivity index (χ1) is 19.6. The number of hydrogen-bond donors (Lipinski definition) is 1. The number of rotatable bonds is 10. The molecule has 6 rings (SSSR count). The lowest BCUT2D eigenvalue weighted by Crippen LogP contribution is -2.36. The highest BCUT2D eigenvalue weighted by Crippen LogP contribution is 2.30. The largest absolute Gasteiger partial charge is 0.322 e. The normalized spacial score (nSPS) is 12.2. The quantitative estimate of drug-likeness (QED) is 0.236. The Hall–Kier alpha value is -4.40. The first-order valence-corrected chi connectivity index (χ1v) is 14.3. The zero-order chi connectivity index (χ0) is 27.3. The van der Waals surface area contributed by atoms with Gasteiger partial charge in [0.1, 0.15) is 6.04 Å². The summed E-state index contributed by atoms with van der Waals surface area (Å²) in [6.07, 6.45) is 0.827. The highest BCUT2D eigenvalue weighted by Gasteiger charge is 2.31. The van der Waals surface area contributed by atoms with E-state index in [0.29, 0.717) is 24.5 Å². The van der Waals surface area contributed by atoms with Crippen LogP contribution in [0, 0.1) is 6.92 Å². The lowest BCUT2D eigenvalue weighted by atomic mass is 10.0. The first kappa shape index (κ1) is 25.9. The number of fused-ring (bicyclic) bond motifs is 1. The van der Waals surface area contributed by atoms with Crippen LogP contribution in [0.1, 0.15) is 39.0 Å². The summed E-state index contributed by atoms with van der Waals surface area (Å²) in [5, 5.41) is 16.1. The summed E-state index contributed by atoms with van der Waals surface area (Å²) in [6.45, 7) is 3.92. The number of aromatic nitrogens is 5. The van der Waals surface area contributed by atoms with Crippen molar-refractivity contribution in [2.45, 2.75) is 32.5 Å². The molecule has 1 atom stereocenters. The topological polar surface area (TPSA) is 79.7 Å². The van der Waals surface area contributed by atoms with Gasteiger partial charge >= 0.3 is 0 Å². The summed E-state index contributed by atoms with van der Waals surface area (Å²) in [5.74, 6) is 0.644. The molecule has 0 aliphatic rings. The number of aromatic amines is 1. The standard InChI is InChI=1S/C32H30N6OS/c1-23-14-15-26-20-28(32(39)33-29(26)19-23)30(31-34-35-36-38(31)21-25-11-6-3-7-12-25)37(22-27-13-8-18-40-27)17-16-24-9-4-2-5-10-24/h2-15,18-20,30H,16-17,21-22H2,1H3,(H,33,39). The molecule has 0 fully saturated rings. The van der Waals surface area contributed by atoms with Crippen LogP contribution in [0.2, 0.25) is 0 Å². The fourth-order valence-corrected chi connectivity index (χ4v) is 5.86. The van der Waals surface area contributed by atoms with Crippen molar-refractivity contribution in [3.8, 4) is 0 Å². The molecule has 0 bridgehead atoms. The summed E-state index contributed by atoms with van der Waals surface area (Å²) in [5.41, 5.74) is 4.75. The van der Waals surface area contributed by atoms with Crippen molar-refractivity contribution in [2.75, 3.05) is 6.54 Å². The Kier molecular flexibility index (Phi) is 7.61. The van der Waals surface area contributed by atoms with Gasteiger partial charge in [0.05, 0.1) is 6.54 Å². The SMILES string of the molecule is Cc1ccc2cc(C(c3nnnn3Cc3ccccc3)N(CCc3ccccc3)Cc3cccs3)c(=O)[nH]c2c1. The maximum atomic E-state index is 13.8. The molecule has 0 aliphatic carbocycles. The maximum Gasteiger partial charge on any atom is 0.253 e. The van der Waals surface area contributed by atoms with E-state index in [0.717, 1.165) is 35.0 Å². The van der Waals surface area contributed by atoms with Crippen LogP contribution in [0.4, 0.5) is 0 Å². The van der Waals surface area contributed by atoms with E-state index in [9.17, 15) is 4.79 Å². The van der Waals surface area contributed by atoms with E-state index < -0.39 is 6.04 Å². The lowest BCUT2D eigenvalue weighted by Gasteiger charge is -2.31. The minimum absolute atomic E-state index is 0.131. The summed E-state index contributed by atoms with van der Waals surface area (Å²) in [4.78, 5) is 20.5. The summed E-state index contributed by atoms with van der Waals surface area (Å²) >= 11 is 1.71. The predicted octanol–water partition coefficient (Wildman–Crippen LogP) is 5.77. The number of tetrazole rings is 1. The van der Waals surface area contributed by atoms with Gasteiger partial charge in [-0.3, -0.25) is 9.69 Å². The smallest absolute Gasteiger partial charge is 0.253 e. The zero-order valence-corrected chi connectivity index (χ0v) is 23.1. The molecule has 3 aromatic heterocycles. The fourth-order valence-electron chi connectivity index (χ4n) is 5.13. The van der Waals surface area contributed by atoms with Crippen LogP contribution in [0.5, 0.6) is 0 Å². The highest BCUT2D eigenvalue weighted by atomic mass is 32.1. The molecule has 3 aromatic carbocycles. The molecule has 1 N–H and O–H groups in total. The van der Waals surface area contributed by atoms with Crippen molar-refractivity contribution in [2.24, 2.45) is 0 Å². The van der Waals surface area contributed by atoms with Gasteiger partial charge in [0, 0.05) is 29.0 Å². The van der Waals surface area contributed by atoms with Gasteiger partial charge in [-0.15, -0.1) is 16.4 Å². The highest BCUT2D eigenvalue weighted by molar-refractivity contribution is 7.09. The Morgan fingerprint density at radius 3 is 2.45 bits per heavy atom. The number of pyridine rings is 1. The van der Waals surface area contributed by atoms with Crippen LogP contribution >= 0.6 is 11.3 Å². The van der Waals surface area contributed by atoms with Gasteiger partial charge in [-0.05, 0) is 69.4 Å². The van der Waals surface area contributed by atoms with Gasteiger partial charge in [-0.1, -0.05) is 78.9 Å². The first-order valence-electron chi connectivity index (χ1n) is 13.4. The third-order valence-corrected chi connectivity index (χ3v) is 8.00. The van der Waals surface area contributed by atoms with Gasteiger partial charge in [0.15, 0.2) is 5.82 Å². The van der Waals surface area contributed by atoms with E-state index in [4.69, 9.17) is 0 Å². The number of nitrogens with one attached hydrogen (secondary N) is 1. The Bertz CT molecular complexity index is 1750. The van der Waals surface area contributed by atoms with Crippen LogP contribution in [-0.2, 0) is 19.5 Å². The van der Waals surface area contributed by atoms with E-state index in [1.165, 1.54) is 10.4 Å². The molecule has 0 spiro atoms. The molecule has 0 saturated heterocycles. The summed E-state index contributed by atoms with van der Waals surface area (Å²) in [7, 11) is 0. The second kappa shape index (κ2) is 11.8. The molecule has 3 heterocycles. The van der Waals surface area contributed by atoms with Crippen molar-refractivity contribution in [3.05, 3.63) is 146 Å². The average Bonchev–Trinajstić information content (AvgIpc) is 3.66. The van der Waals surface area contributed by atoms with E-state index in [1.807, 2.05) is 48.0 Å². The third kappa shape index (κ3) is 5.78. The van der Waals surface area contributed by atoms with Gasteiger partial charge in [0.25, 0.3) is 5.56 Å². The van der Waals surface area contributed by atoms with Crippen LogP contribution in [-0.4, -0.2) is 36.6 Å². The molecule has 0 saturated carbocycles. The van der Waals surface area contributed by atoms with Crippen LogP contribution < -0.4 is 5.56 Å². The summed E-state index contributed by atoms with van der Waals surface area (Å²) in [6, 6.07) is 32.5. The van der Waals surface area contributed by atoms with Crippen molar-refractivity contribution in [1.82, 2.24) is 30.1 Å². The molecule has 6 aromatic rings. The van der Waals surface area contributed by atoms with Gasteiger partial charge < -0.3 is 4.98 Å². The monoisotopic (exact) mass is 546 g/mol. The Morgan fingerprint density at radius 2 is 1.70 bits per heavy atom. The fraction of sp³-hybridized carbons (Fsp3) is 0.188. The van der Waals surface area contributed by atoms with Crippen molar-refractivity contribution in [3.63, 3.8) is 0 Å². The molecule has 7 nitrogen and oxygen atoms in total. The van der Waals surface area contributed by atoms with Crippen molar-refractivity contribution in [1.29, 1.82) is 0 Å². The number of benzene rings is 3. The molecule has 1 unspecified atom stereocenters. The second-order valence-corrected chi connectivity index (χ2v) is 11.0. The molecule has 200 valence electrons. The van der Waals surface area contributed by atoms with Crippen LogP contribution in [0.3, 0.4) is 0 Å². The van der Waals surface area contributed by atoms with E-state index >= 15 is 0 Å². The van der Waals surface area contributed by atoms with Crippen LogP contribution in [0.25, 0.3) is 10.9 Å². The predicted molar refractivity (Wildman–Crippen MR) is 159 cm³/mol. The second-order valence-electron chi connectivity index (χ2n) is 10.0. The lowest BCUT2D eigenvalue weighted by molar-refractivity contribution is 0.207. The molecule has 0 amide bonds. The Morgan fingerprint density at radius 1 is 0.925 bits per heavy atom. The average molecular weight is 547 g/mol. The van der Waals surface area contributed by atoms with E-state index in [2.05, 4.69) is 91.5 Å². The van der Waals surface area contributed by atoms with E-state index in [1.54, 1.807) is 11.3 Å². The molecule has 0 radical (unpaired) electrons. The number of H-pyrrole nitrogens is 1. The Balaban J connectivity index is 1.48. The molecule has 40 heavy (non-hydrogen) atoms. The van der Waals surface area contributed by atoms with Crippen molar-refractivity contribution < 1.29 is 0 Å². The minimum atomic E-state index is -0.459.